The van der Waals surface area contributed by atoms with E-state index in [1.165, 1.54) is 0 Å². The molecular weight excluding hydrogens is 374 g/mol. The van der Waals surface area contributed by atoms with Gasteiger partial charge in [0.25, 0.3) is 5.91 Å². The van der Waals surface area contributed by atoms with Crippen molar-refractivity contribution in [3.63, 3.8) is 0 Å². The molecule has 0 saturated heterocycles. The van der Waals surface area contributed by atoms with Crippen molar-refractivity contribution >= 4 is 22.6 Å². The summed E-state index contributed by atoms with van der Waals surface area (Å²) in [5.41, 5.74) is 3.55. The number of amides is 1. The van der Waals surface area contributed by atoms with Gasteiger partial charge in [-0.2, -0.15) is 0 Å². The van der Waals surface area contributed by atoms with Crippen molar-refractivity contribution in [3.05, 3.63) is 54.4 Å². The summed E-state index contributed by atoms with van der Waals surface area (Å²) < 4.78 is 0. The maximum absolute atomic E-state index is 12.6. The summed E-state index contributed by atoms with van der Waals surface area (Å²) in [5.74, 6) is 1.39. The SMILES string of the molecule is CC(C)CCNc1ncnc2ccc(-c3cccc(C(=O)NC(C)N(C)C)c3)cc12. The molecule has 2 aromatic carbocycles. The third-order valence-electron chi connectivity index (χ3n) is 5.22. The first-order chi connectivity index (χ1) is 14.3. The number of nitrogens with zero attached hydrogens (tertiary/aromatic N) is 3. The number of rotatable bonds is 8. The van der Waals surface area contributed by atoms with E-state index in [9.17, 15) is 4.79 Å². The number of carbonyl (C=O) groups excluding carboxylic acids is 1. The average Bonchev–Trinajstić information content (AvgIpc) is 2.73. The zero-order valence-electron chi connectivity index (χ0n) is 18.4. The molecule has 0 aliphatic heterocycles. The summed E-state index contributed by atoms with van der Waals surface area (Å²) in [6.07, 6.45) is 2.63. The highest BCUT2D eigenvalue weighted by molar-refractivity contribution is 5.96. The van der Waals surface area contributed by atoms with Crippen molar-refractivity contribution in [1.82, 2.24) is 20.2 Å². The molecule has 0 spiro atoms. The Balaban J connectivity index is 1.88. The fraction of sp³-hybridized carbons (Fsp3) is 0.375. The van der Waals surface area contributed by atoms with Crippen LogP contribution in [0.5, 0.6) is 0 Å². The Bertz CT molecular complexity index is 1020. The van der Waals surface area contributed by atoms with Gasteiger partial charge in [0.15, 0.2) is 0 Å². The molecule has 0 radical (unpaired) electrons. The number of nitrogens with one attached hydrogen (secondary N) is 2. The zero-order chi connectivity index (χ0) is 21.7. The molecule has 30 heavy (non-hydrogen) atoms. The van der Waals surface area contributed by atoms with Crippen molar-refractivity contribution in [2.45, 2.75) is 33.4 Å². The lowest BCUT2D eigenvalue weighted by Gasteiger charge is -2.21. The minimum atomic E-state index is -0.0850. The highest BCUT2D eigenvalue weighted by Crippen LogP contribution is 2.27. The van der Waals surface area contributed by atoms with Crippen LogP contribution in [0.1, 0.15) is 37.6 Å². The van der Waals surface area contributed by atoms with E-state index in [0.717, 1.165) is 40.8 Å². The third kappa shape index (κ3) is 5.33. The van der Waals surface area contributed by atoms with Gasteiger partial charge < -0.3 is 10.6 Å². The molecule has 1 atom stereocenters. The average molecular weight is 406 g/mol. The number of benzene rings is 2. The molecular formula is C24H31N5O. The van der Waals surface area contributed by atoms with Crippen molar-refractivity contribution < 1.29 is 4.79 Å². The largest absolute Gasteiger partial charge is 0.369 e. The predicted octanol–water partition coefficient (Wildman–Crippen LogP) is 4.39. The molecule has 2 N–H and O–H groups in total. The quantitative estimate of drug-likeness (QED) is 0.544. The van der Waals surface area contributed by atoms with E-state index in [-0.39, 0.29) is 12.1 Å². The summed E-state index contributed by atoms with van der Waals surface area (Å²) in [5, 5.41) is 7.42. The second-order valence-electron chi connectivity index (χ2n) is 8.26. The maximum atomic E-state index is 12.6. The van der Waals surface area contributed by atoms with E-state index in [1.807, 2.05) is 62.3 Å². The molecule has 3 aromatic rings. The number of hydrogen-bond donors (Lipinski definition) is 2. The Morgan fingerprint density at radius 2 is 1.80 bits per heavy atom. The van der Waals surface area contributed by atoms with E-state index in [1.54, 1.807) is 6.33 Å². The number of hydrogen-bond acceptors (Lipinski definition) is 5. The molecule has 0 fully saturated rings. The molecule has 0 aliphatic rings. The van der Waals surface area contributed by atoms with E-state index in [2.05, 4.69) is 40.5 Å². The monoisotopic (exact) mass is 405 g/mol. The Labute approximate surface area is 178 Å². The van der Waals surface area contributed by atoms with Crippen LogP contribution in [-0.2, 0) is 0 Å². The van der Waals surface area contributed by atoms with Crippen LogP contribution in [0, 0.1) is 5.92 Å². The molecule has 0 aliphatic carbocycles. The first-order valence-electron chi connectivity index (χ1n) is 10.4. The molecule has 1 aromatic heterocycles. The zero-order valence-corrected chi connectivity index (χ0v) is 18.4. The molecule has 3 rings (SSSR count). The second kappa shape index (κ2) is 9.67. The Hall–Kier alpha value is -2.99. The first-order valence-corrected chi connectivity index (χ1v) is 10.4. The fourth-order valence-electron chi connectivity index (χ4n) is 3.10. The first kappa shape index (κ1) is 21.7. The molecule has 158 valence electrons. The summed E-state index contributed by atoms with van der Waals surface area (Å²) in [6, 6.07) is 13.8. The van der Waals surface area contributed by atoms with Crippen LogP contribution in [0.4, 0.5) is 5.82 Å². The summed E-state index contributed by atoms with van der Waals surface area (Å²) in [6.45, 7) is 7.24. The van der Waals surface area contributed by atoms with Crippen LogP contribution in [-0.4, -0.2) is 47.6 Å². The number of aromatic nitrogens is 2. The van der Waals surface area contributed by atoms with Crippen molar-refractivity contribution in [2.75, 3.05) is 26.0 Å². The maximum Gasteiger partial charge on any atom is 0.252 e. The number of carbonyl (C=O) groups is 1. The van der Waals surface area contributed by atoms with E-state index >= 15 is 0 Å². The lowest BCUT2D eigenvalue weighted by molar-refractivity contribution is 0.0900. The predicted molar refractivity (Wildman–Crippen MR) is 124 cm³/mol. The summed E-state index contributed by atoms with van der Waals surface area (Å²) in [7, 11) is 3.87. The van der Waals surface area contributed by atoms with Crippen molar-refractivity contribution in [1.29, 1.82) is 0 Å². The topological polar surface area (TPSA) is 70.1 Å². The lowest BCUT2D eigenvalue weighted by Crippen LogP contribution is -2.42. The standard InChI is InChI=1S/C24H31N5O/c1-16(2)11-12-25-23-21-14-19(9-10-22(21)26-15-27-23)18-7-6-8-20(13-18)24(30)28-17(3)29(4)5/h6-10,13-17H,11-12H2,1-5H3,(H,28,30)(H,25,26,27). The minimum absolute atomic E-state index is 0.0431. The van der Waals surface area contributed by atoms with Gasteiger partial charge in [0.2, 0.25) is 0 Å². The molecule has 6 nitrogen and oxygen atoms in total. The Morgan fingerprint density at radius 1 is 1.03 bits per heavy atom. The van der Waals surface area contributed by atoms with Gasteiger partial charge in [0.05, 0.1) is 11.7 Å². The van der Waals surface area contributed by atoms with Crippen LogP contribution in [0.2, 0.25) is 0 Å². The van der Waals surface area contributed by atoms with Crippen LogP contribution in [0.3, 0.4) is 0 Å². The highest BCUT2D eigenvalue weighted by Gasteiger charge is 2.12. The minimum Gasteiger partial charge on any atom is -0.369 e. The normalized spacial score (nSPS) is 12.4. The Morgan fingerprint density at radius 3 is 2.53 bits per heavy atom. The second-order valence-corrected chi connectivity index (χ2v) is 8.26. The van der Waals surface area contributed by atoms with Crippen molar-refractivity contribution in [3.8, 4) is 11.1 Å². The molecule has 1 heterocycles. The van der Waals surface area contributed by atoms with Crippen LogP contribution >= 0.6 is 0 Å². The van der Waals surface area contributed by atoms with Gasteiger partial charge in [-0.3, -0.25) is 9.69 Å². The van der Waals surface area contributed by atoms with Crippen molar-refractivity contribution in [2.24, 2.45) is 5.92 Å². The van der Waals surface area contributed by atoms with Crippen LogP contribution < -0.4 is 10.6 Å². The smallest absolute Gasteiger partial charge is 0.252 e. The van der Waals surface area contributed by atoms with Gasteiger partial charge in [-0.05, 0) is 68.8 Å². The van der Waals surface area contributed by atoms with Gasteiger partial charge in [-0.15, -0.1) is 0 Å². The molecule has 0 saturated carbocycles. The highest BCUT2D eigenvalue weighted by atomic mass is 16.1. The molecule has 1 amide bonds. The van der Waals surface area contributed by atoms with Gasteiger partial charge in [-0.25, -0.2) is 9.97 Å². The third-order valence-corrected chi connectivity index (χ3v) is 5.22. The van der Waals surface area contributed by atoms with E-state index in [0.29, 0.717) is 11.5 Å². The molecule has 0 bridgehead atoms. The van der Waals surface area contributed by atoms with Gasteiger partial charge in [0, 0.05) is 17.5 Å². The molecule has 6 heteroatoms. The van der Waals surface area contributed by atoms with Crippen LogP contribution in [0.15, 0.2) is 48.8 Å². The van der Waals surface area contributed by atoms with Crippen LogP contribution in [0.25, 0.3) is 22.0 Å². The number of fused-ring (bicyclic) bond motifs is 1. The van der Waals surface area contributed by atoms with E-state index in [4.69, 9.17) is 0 Å². The molecule has 1 unspecified atom stereocenters. The van der Waals surface area contributed by atoms with Gasteiger partial charge in [-0.1, -0.05) is 32.0 Å². The Kier molecular flexibility index (Phi) is 7.00. The lowest BCUT2D eigenvalue weighted by atomic mass is 10.0. The number of anilines is 1. The summed E-state index contributed by atoms with van der Waals surface area (Å²) in [4.78, 5) is 23.4. The fourth-order valence-corrected chi connectivity index (χ4v) is 3.10. The van der Waals surface area contributed by atoms with Gasteiger partial charge >= 0.3 is 0 Å². The van der Waals surface area contributed by atoms with Gasteiger partial charge in [0.1, 0.15) is 12.1 Å². The summed E-state index contributed by atoms with van der Waals surface area (Å²) >= 11 is 0. The van der Waals surface area contributed by atoms with E-state index < -0.39 is 0 Å².